The van der Waals surface area contributed by atoms with Crippen LogP contribution in [0, 0.1) is 0 Å². The lowest BCUT2D eigenvalue weighted by molar-refractivity contribution is 0.387. The third kappa shape index (κ3) is 1.81. The molecule has 0 aliphatic carbocycles. The molecule has 3 nitrogen and oxygen atoms in total. The molecule has 0 amide bonds. The number of oxazole rings is 1. The molecule has 1 fully saturated rings. The second-order valence-corrected chi connectivity index (χ2v) is 5.23. The molecule has 1 aromatic heterocycles. The molecule has 0 saturated carbocycles. The number of benzene rings is 2. The van der Waals surface area contributed by atoms with Gasteiger partial charge in [0.1, 0.15) is 5.52 Å². The third-order valence-electron chi connectivity index (χ3n) is 3.95. The molecule has 1 N–H and O–H groups in total. The van der Waals surface area contributed by atoms with Gasteiger partial charge in [0.15, 0.2) is 11.5 Å². The van der Waals surface area contributed by atoms with Crippen LogP contribution in [0.15, 0.2) is 40.8 Å². The van der Waals surface area contributed by atoms with Gasteiger partial charge in [0, 0.05) is 17.8 Å². The van der Waals surface area contributed by atoms with Gasteiger partial charge in [-0.3, -0.25) is 0 Å². The third-order valence-corrected chi connectivity index (χ3v) is 3.95. The number of piperidine rings is 1. The highest BCUT2D eigenvalue weighted by Crippen LogP contribution is 2.30. The van der Waals surface area contributed by atoms with Gasteiger partial charge in [-0.1, -0.05) is 30.3 Å². The van der Waals surface area contributed by atoms with E-state index in [-0.39, 0.29) is 0 Å². The predicted molar refractivity (Wildman–Crippen MR) is 76.4 cm³/mol. The maximum Gasteiger partial charge on any atom is 0.199 e. The van der Waals surface area contributed by atoms with Crippen LogP contribution in [0.25, 0.3) is 21.9 Å². The van der Waals surface area contributed by atoms with Gasteiger partial charge in [0.2, 0.25) is 0 Å². The molecule has 1 aliphatic rings. The molecular weight excluding hydrogens is 236 g/mol. The molecule has 4 rings (SSSR count). The van der Waals surface area contributed by atoms with Crippen LogP contribution in [0.3, 0.4) is 0 Å². The number of rotatable bonds is 1. The van der Waals surface area contributed by atoms with Crippen LogP contribution in [0.2, 0.25) is 0 Å². The summed E-state index contributed by atoms with van der Waals surface area (Å²) in [5.74, 6) is 1.30. The Balaban J connectivity index is 1.88. The van der Waals surface area contributed by atoms with Crippen LogP contribution in [0.1, 0.15) is 24.7 Å². The predicted octanol–water partition coefficient (Wildman–Crippen LogP) is 3.45. The molecule has 19 heavy (non-hydrogen) atoms. The van der Waals surface area contributed by atoms with Crippen molar-refractivity contribution in [1.29, 1.82) is 0 Å². The zero-order chi connectivity index (χ0) is 12.7. The summed E-state index contributed by atoms with van der Waals surface area (Å²) in [6.45, 7) is 2.09. The van der Waals surface area contributed by atoms with E-state index in [9.17, 15) is 0 Å². The topological polar surface area (TPSA) is 38.1 Å². The first kappa shape index (κ1) is 11.0. The van der Waals surface area contributed by atoms with Gasteiger partial charge in [-0.05, 0) is 30.8 Å². The number of nitrogens with zero attached hydrogens (tertiary/aromatic N) is 1. The van der Waals surface area contributed by atoms with Crippen LogP contribution in [-0.2, 0) is 0 Å². The van der Waals surface area contributed by atoms with Gasteiger partial charge in [-0.2, -0.15) is 0 Å². The monoisotopic (exact) mass is 252 g/mol. The van der Waals surface area contributed by atoms with Crippen LogP contribution in [-0.4, -0.2) is 18.1 Å². The maximum absolute atomic E-state index is 5.96. The lowest BCUT2D eigenvalue weighted by Crippen LogP contribution is -2.28. The molecule has 2 aromatic carbocycles. The Hall–Kier alpha value is -1.87. The molecule has 3 aromatic rings. The molecule has 0 unspecified atom stereocenters. The molecule has 0 bridgehead atoms. The highest BCUT2D eigenvalue weighted by Gasteiger charge is 2.21. The summed E-state index contributed by atoms with van der Waals surface area (Å²) in [4.78, 5) is 4.76. The minimum Gasteiger partial charge on any atom is -0.440 e. The number of nitrogens with one attached hydrogen (secondary N) is 1. The fraction of sp³-hybridized carbons (Fsp3) is 0.312. The SMILES string of the molecule is c1ccc2c(c1)ccc1oc([C@H]3CCCNC3)nc12. The summed E-state index contributed by atoms with van der Waals surface area (Å²) in [5, 5.41) is 5.81. The first-order valence-corrected chi connectivity index (χ1v) is 6.91. The van der Waals surface area contributed by atoms with E-state index in [1.165, 1.54) is 17.2 Å². The standard InChI is InChI=1S/C16H16N2O/c1-2-6-13-11(4-1)7-8-14-15(13)18-16(19-14)12-5-3-9-17-10-12/h1-2,4,6-8,12,17H,3,5,9-10H2/t12-/m0/s1. The van der Waals surface area contributed by atoms with Crippen molar-refractivity contribution >= 4 is 21.9 Å². The summed E-state index contributed by atoms with van der Waals surface area (Å²) in [6.07, 6.45) is 2.36. The van der Waals surface area contributed by atoms with E-state index in [0.717, 1.165) is 36.5 Å². The van der Waals surface area contributed by atoms with Crippen molar-refractivity contribution in [1.82, 2.24) is 10.3 Å². The van der Waals surface area contributed by atoms with Gasteiger partial charge in [-0.15, -0.1) is 0 Å². The minimum atomic E-state index is 0.417. The van der Waals surface area contributed by atoms with Gasteiger partial charge < -0.3 is 9.73 Å². The lowest BCUT2D eigenvalue weighted by atomic mass is 10.00. The first-order valence-electron chi connectivity index (χ1n) is 6.91. The van der Waals surface area contributed by atoms with Crippen molar-refractivity contribution in [2.24, 2.45) is 0 Å². The second-order valence-electron chi connectivity index (χ2n) is 5.23. The van der Waals surface area contributed by atoms with Crippen molar-refractivity contribution in [2.45, 2.75) is 18.8 Å². The fourth-order valence-electron chi connectivity index (χ4n) is 2.92. The molecular formula is C16H16N2O. The summed E-state index contributed by atoms with van der Waals surface area (Å²) < 4.78 is 5.96. The first-order chi connectivity index (χ1) is 9.42. The smallest absolute Gasteiger partial charge is 0.199 e. The second kappa shape index (κ2) is 4.35. The minimum absolute atomic E-state index is 0.417. The van der Waals surface area contributed by atoms with E-state index in [0.29, 0.717) is 5.92 Å². The Labute approximate surface area is 111 Å². The summed E-state index contributed by atoms with van der Waals surface area (Å²) in [5.41, 5.74) is 1.90. The molecule has 0 radical (unpaired) electrons. The van der Waals surface area contributed by atoms with E-state index in [1.54, 1.807) is 0 Å². The number of fused-ring (bicyclic) bond motifs is 3. The van der Waals surface area contributed by atoms with Crippen molar-refractivity contribution in [3.8, 4) is 0 Å². The van der Waals surface area contributed by atoms with Gasteiger partial charge in [-0.25, -0.2) is 4.98 Å². The fourth-order valence-corrected chi connectivity index (χ4v) is 2.92. The Morgan fingerprint density at radius 1 is 1.16 bits per heavy atom. The van der Waals surface area contributed by atoms with Crippen LogP contribution in [0.4, 0.5) is 0 Å². The van der Waals surface area contributed by atoms with Crippen molar-refractivity contribution in [2.75, 3.05) is 13.1 Å². The molecule has 1 saturated heterocycles. The van der Waals surface area contributed by atoms with E-state index in [4.69, 9.17) is 9.40 Å². The largest absolute Gasteiger partial charge is 0.440 e. The average molecular weight is 252 g/mol. The van der Waals surface area contributed by atoms with Crippen molar-refractivity contribution in [3.05, 3.63) is 42.3 Å². The van der Waals surface area contributed by atoms with Crippen molar-refractivity contribution < 1.29 is 4.42 Å². The van der Waals surface area contributed by atoms with Gasteiger partial charge in [0.05, 0.1) is 0 Å². The summed E-state index contributed by atoms with van der Waals surface area (Å²) in [7, 11) is 0. The van der Waals surface area contributed by atoms with Crippen LogP contribution >= 0.6 is 0 Å². The van der Waals surface area contributed by atoms with E-state index in [2.05, 4.69) is 35.6 Å². The summed E-state index contributed by atoms with van der Waals surface area (Å²) in [6, 6.07) is 12.5. The Morgan fingerprint density at radius 3 is 3.00 bits per heavy atom. The molecule has 3 heteroatoms. The highest BCUT2D eigenvalue weighted by atomic mass is 16.3. The zero-order valence-corrected chi connectivity index (χ0v) is 10.7. The average Bonchev–Trinajstić information content (AvgIpc) is 2.93. The van der Waals surface area contributed by atoms with Gasteiger partial charge in [0.25, 0.3) is 0 Å². The molecule has 0 spiro atoms. The quantitative estimate of drug-likeness (QED) is 0.721. The molecule has 96 valence electrons. The number of aromatic nitrogens is 1. The molecule has 1 aliphatic heterocycles. The van der Waals surface area contributed by atoms with Gasteiger partial charge >= 0.3 is 0 Å². The van der Waals surface area contributed by atoms with Crippen LogP contribution in [0.5, 0.6) is 0 Å². The Bertz CT molecular complexity index is 726. The van der Waals surface area contributed by atoms with Crippen LogP contribution < -0.4 is 5.32 Å². The summed E-state index contributed by atoms with van der Waals surface area (Å²) >= 11 is 0. The Morgan fingerprint density at radius 2 is 2.11 bits per heavy atom. The van der Waals surface area contributed by atoms with E-state index < -0.39 is 0 Å². The highest BCUT2D eigenvalue weighted by molar-refractivity contribution is 6.03. The van der Waals surface area contributed by atoms with E-state index >= 15 is 0 Å². The maximum atomic E-state index is 5.96. The number of hydrogen-bond donors (Lipinski definition) is 1. The zero-order valence-electron chi connectivity index (χ0n) is 10.7. The van der Waals surface area contributed by atoms with Crippen molar-refractivity contribution in [3.63, 3.8) is 0 Å². The molecule has 2 heterocycles. The molecule has 1 atom stereocenters. The number of hydrogen-bond acceptors (Lipinski definition) is 3. The normalized spacial score (nSPS) is 20.1. The van der Waals surface area contributed by atoms with E-state index in [1.807, 2.05) is 6.07 Å². The Kier molecular flexibility index (Phi) is 2.52. The lowest BCUT2D eigenvalue weighted by Gasteiger charge is -2.19.